The number of rotatable bonds is 6. The molecule has 4 rings (SSSR count). The summed E-state index contributed by atoms with van der Waals surface area (Å²) in [5.74, 6) is 2.07. The molecule has 0 saturated carbocycles. The van der Waals surface area contributed by atoms with Crippen LogP contribution in [0.25, 0.3) is 0 Å². The van der Waals surface area contributed by atoms with Gasteiger partial charge >= 0.3 is 0 Å². The number of benzene rings is 2. The molecule has 0 spiro atoms. The smallest absolute Gasteiger partial charge is 0.262 e. The molecule has 1 aromatic heterocycles. The van der Waals surface area contributed by atoms with Crippen molar-refractivity contribution < 1.29 is 27.1 Å². The van der Waals surface area contributed by atoms with Gasteiger partial charge in [0.2, 0.25) is 0 Å². The van der Waals surface area contributed by atoms with Gasteiger partial charge in [-0.1, -0.05) is 6.07 Å². The molecule has 2 heterocycles. The van der Waals surface area contributed by atoms with E-state index < -0.39 is 10.0 Å². The molecule has 8 nitrogen and oxygen atoms in total. The van der Waals surface area contributed by atoms with Crippen LogP contribution in [0.1, 0.15) is 21.9 Å². The van der Waals surface area contributed by atoms with Crippen LogP contribution in [-0.4, -0.2) is 39.5 Å². The standard InChI is InChI=1S/C22H22N2O6S/c1-15-6-7-18(30-15)14-24(2)22(25)16-4-3-5-17(12-16)23-31(26,27)19-8-9-20-21(13-19)29-11-10-28-20/h3-9,12-13,23H,10-11,14H2,1-2H3. The summed E-state index contributed by atoms with van der Waals surface area (Å²) in [6.07, 6.45) is 0. The molecule has 0 radical (unpaired) electrons. The highest BCUT2D eigenvalue weighted by Crippen LogP contribution is 2.32. The number of aryl methyl sites for hydroxylation is 1. The normalized spacial score (nSPS) is 13.0. The van der Waals surface area contributed by atoms with Gasteiger partial charge in [-0.25, -0.2) is 8.42 Å². The number of hydrogen-bond donors (Lipinski definition) is 1. The van der Waals surface area contributed by atoms with E-state index in [0.29, 0.717) is 42.6 Å². The first-order valence-electron chi connectivity index (χ1n) is 9.65. The number of furan rings is 1. The van der Waals surface area contributed by atoms with Gasteiger partial charge in [-0.05, 0) is 49.4 Å². The van der Waals surface area contributed by atoms with Crippen molar-refractivity contribution in [2.75, 3.05) is 25.0 Å². The van der Waals surface area contributed by atoms with Crippen LogP contribution in [0, 0.1) is 6.92 Å². The lowest BCUT2D eigenvalue weighted by molar-refractivity contribution is 0.0775. The molecule has 1 N–H and O–H groups in total. The van der Waals surface area contributed by atoms with Crippen molar-refractivity contribution in [3.8, 4) is 11.5 Å². The van der Waals surface area contributed by atoms with Crippen LogP contribution in [0.3, 0.4) is 0 Å². The average Bonchev–Trinajstić information content (AvgIpc) is 3.17. The summed E-state index contributed by atoms with van der Waals surface area (Å²) in [4.78, 5) is 14.3. The molecule has 0 unspecified atom stereocenters. The Kier molecular flexibility index (Phi) is 5.60. The van der Waals surface area contributed by atoms with Crippen LogP contribution in [0.4, 0.5) is 5.69 Å². The zero-order valence-electron chi connectivity index (χ0n) is 17.1. The SMILES string of the molecule is Cc1ccc(CN(C)C(=O)c2cccc(NS(=O)(=O)c3ccc4c(c3)OCCO4)c2)o1. The van der Waals surface area contributed by atoms with Crippen LogP contribution in [0.5, 0.6) is 11.5 Å². The fraction of sp³-hybridized carbons (Fsp3) is 0.227. The zero-order valence-corrected chi connectivity index (χ0v) is 17.9. The third-order valence-electron chi connectivity index (χ3n) is 4.72. The minimum absolute atomic E-state index is 0.0405. The van der Waals surface area contributed by atoms with Gasteiger partial charge in [-0.15, -0.1) is 0 Å². The van der Waals surface area contributed by atoms with Gasteiger partial charge in [0.25, 0.3) is 15.9 Å². The van der Waals surface area contributed by atoms with Gasteiger partial charge in [0.1, 0.15) is 24.7 Å². The molecule has 1 amide bonds. The second-order valence-electron chi connectivity index (χ2n) is 7.17. The molecule has 0 atom stereocenters. The highest BCUT2D eigenvalue weighted by Gasteiger charge is 2.20. The van der Waals surface area contributed by atoms with Crippen LogP contribution in [-0.2, 0) is 16.6 Å². The Morgan fingerprint density at radius 3 is 2.55 bits per heavy atom. The van der Waals surface area contributed by atoms with Gasteiger partial charge in [-0.3, -0.25) is 9.52 Å². The molecule has 1 aliphatic heterocycles. The molecule has 0 aliphatic carbocycles. The topological polar surface area (TPSA) is 98.1 Å². The van der Waals surface area contributed by atoms with Crippen LogP contribution in [0.15, 0.2) is 63.9 Å². The molecule has 0 fully saturated rings. The van der Waals surface area contributed by atoms with E-state index in [4.69, 9.17) is 13.9 Å². The summed E-state index contributed by atoms with van der Waals surface area (Å²) >= 11 is 0. The summed E-state index contributed by atoms with van der Waals surface area (Å²) in [7, 11) is -2.22. The predicted octanol–water partition coefficient (Wildman–Crippen LogP) is 3.43. The van der Waals surface area contributed by atoms with E-state index in [2.05, 4.69) is 4.72 Å². The summed E-state index contributed by atoms with van der Waals surface area (Å²) in [5.41, 5.74) is 0.635. The summed E-state index contributed by atoms with van der Waals surface area (Å²) < 4.78 is 44.6. The van der Waals surface area contributed by atoms with Crippen molar-refractivity contribution in [1.29, 1.82) is 0 Å². The van der Waals surface area contributed by atoms with E-state index in [1.165, 1.54) is 23.1 Å². The number of nitrogens with one attached hydrogen (secondary N) is 1. The quantitative estimate of drug-likeness (QED) is 0.628. The number of carbonyl (C=O) groups excluding carboxylic acids is 1. The Labute approximate surface area is 180 Å². The van der Waals surface area contributed by atoms with E-state index in [9.17, 15) is 13.2 Å². The maximum absolute atomic E-state index is 12.8. The molecule has 3 aromatic rings. The molecule has 0 saturated heterocycles. The highest BCUT2D eigenvalue weighted by molar-refractivity contribution is 7.92. The number of amides is 1. The van der Waals surface area contributed by atoms with E-state index in [-0.39, 0.29) is 16.5 Å². The van der Waals surface area contributed by atoms with Gasteiger partial charge < -0.3 is 18.8 Å². The molecule has 9 heteroatoms. The van der Waals surface area contributed by atoms with Crippen molar-refractivity contribution in [1.82, 2.24) is 4.90 Å². The first kappa shape index (κ1) is 20.8. The maximum atomic E-state index is 12.8. The fourth-order valence-electron chi connectivity index (χ4n) is 3.22. The van der Waals surface area contributed by atoms with Crippen molar-refractivity contribution in [3.63, 3.8) is 0 Å². The van der Waals surface area contributed by atoms with Gasteiger partial charge in [0.05, 0.1) is 11.4 Å². The molecule has 1 aliphatic rings. The fourth-order valence-corrected chi connectivity index (χ4v) is 4.28. The Balaban J connectivity index is 1.50. The van der Waals surface area contributed by atoms with E-state index >= 15 is 0 Å². The van der Waals surface area contributed by atoms with Crippen LogP contribution >= 0.6 is 0 Å². The first-order chi connectivity index (χ1) is 14.8. The summed E-state index contributed by atoms with van der Waals surface area (Å²) in [6, 6.07) is 14.4. The summed E-state index contributed by atoms with van der Waals surface area (Å²) in [6.45, 7) is 2.92. The number of nitrogens with zero attached hydrogens (tertiary/aromatic N) is 1. The molecule has 2 aromatic carbocycles. The molecular formula is C22H22N2O6S. The van der Waals surface area contributed by atoms with Gasteiger partial charge in [0, 0.05) is 24.4 Å². The van der Waals surface area contributed by atoms with Crippen molar-refractivity contribution in [2.24, 2.45) is 0 Å². The number of sulfonamides is 1. The zero-order chi connectivity index (χ0) is 22.0. The lowest BCUT2D eigenvalue weighted by Gasteiger charge is -2.19. The molecular weight excluding hydrogens is 420 g/mol. The second kappa shape index (κ2) is 8.35. The third-order valence-corrected chi connectivity index (χ3v) is 6.10. The Morgan fingerprint density at radius 2 is 1.81 bits per heavy atom. The number of anilines is 1. The average molecular weight is 442 g/mol. The second-order valence-corrected chi connectivity index (χ2v) is 8.85. The number of hydrogen-bond acceptors (Lipinski definition) is 6. The minimum atomic E-state index is -3.88. The Bertz CT molecular complexity index is 1220. The summed E-state index contributed by atoms with van der Waals surface area (Å²) in [5, 5.41) is 0. The van der Waals surface area contributed by atoms with Crippen molar-refractivity contribution in [3.05, 3.63) is 71.7 Å². The van der Waals surface area contributed by atoms with E-state index in [1.807, 2.05) is 19.1 Å². The third kappa shape index (κ3) is 4.66. The Morgan fingerprint density at radius 1 is 1.03 bits per heavy atom. The van der Waals surface area contributed by atoms with Crippen LogP contribution < -0.4 is 14.2 Å². The maximum Gasteiger partial charge on any atom is 0.262 e. The molecule has 31 heavy (non-hydrogen) atoms. The van der Waals surface area contributed by atoms with E-state index in [1.54, 1.807) is 31.3 Å². The first-order valence-corrected chi connectivity index (χ1v) is 11.1. The predicted molar refractivity (Wildman–Crippen MR) is 114 cm³/mol. The largest absolute Gasteiger partial charge is 0.486 e. The van der Waals surface area contributed by atoms with Crippen molar-refractivity contribution >= 4 is 21.6 Å². The minimum Gasteiger partial charge on any atom is -0.486 e. The molecule has 162 valence electrons. The number of fused-ring (bicyclic) bond motifs is 1. The van der Waals surface area contributed by atoms with Gasteiger partial charge in [-0.2, -0.15) is 0 Å². The lowest BCUT2D eigenvalue weighted by atomic mass is 10.2. The molecule has 0 bridgehead atoms. The Hall–Kier alpha value is -3.46. The van der Waals surface area contributed by atoms with E-state index in [0.717, 1.165) is 5.76 Å². The van der Waals surface area contributed by atoms with Gasteiger partial charge in [0.15, 0.2) is 11.5 Å². The number of carbonyl (C=O) groups is 1. The highest BCUT2D eigenvalue weighted by atomic mass is 32.2. The monoisotopic (exact) mass is 442 g/mol. The lowest BCUT2D eigenvalue weighted by Crippen LogP contribution is -2.26. The van der Waals surface area contributed by atoms with Crippen LogP contribution in [0.2, 0.25) is 0 Å². The number of ether oxygens (including phenoxy) is 2. The van der Waals surface area contributed by atoms with Crippen molar-refractivity contribution in [2.45, 2.75) is 18.4 Å².